The molecule has 118 valence electrons. The van der Waals surface area contributed by atoms with Gasteiger partial charge in [-0.05, 0) is 31.5 Å². The van der Waals surface area contributed by atoms with Gasteiger partial charge in [0.2, 0.25) is 10.0 Å². The summed E-state index contributed by atoms with van der Waals surface area (Å²) in [5, 5.41) is 3.14. The highest BCUT2D eigenvalue weighted by Crippen LogP contribution is 2.25. The van der Waals surface area contributed by atoms with E-state index in [2.05, 4.69) is 5.32 Å². The molecule has 1 aliphatic rings. The second kappa shape index (κ2) is 5.68. The van der Waals surface area contributed by atoms with Crippen molar-refractivity contribution in [1.29, 1.82) is 0 Å². The Morgan fingerprint density at radius 1 is 1.24 bits per heavy atom. The van der Waals surface area contributed by atoms with Crippen LogP contribution in [0.15, 0.2) is 28.0 Å². The lowest BCUT2D eigenvalue weighted by Crippen LogP contribution is -2.52. The lowest BCUT2D eigenvalue weighted by molar-refractivity contribution is 0.283. The van der Waals surface area contributed by atoms with E-state index in [0.717, 1.165) is 6.26 Å². The maximum atomic E-state index is 12.8. The topological polar surface area (TPSA) is 83.5 Å². The van der Waals surface area contributed by atoms with E-state index in [-0.39, 0.29) is 15.8 Å². The monoisotopic (exact) mass is 332 g/mol. The molecule has 0 aliphatic carbocycles. The van der Waals surface area contributed by atoms with Crippen LogP contribution in [0.2, 0.25) is 0 Å². The van der Waals surface area contributed by atoms with Crippen LogP contribution in [-0.4, -0.2) is 53.1 Å². The highest BCUT2D eigenvalue weighted by atomic mass is 32.2. The molecule has 1 aromatic carbocycles. The van der Waals surface area contributed by atoms with Crippen molar-refractivity contribution in [2.45, 2.75) is 29.7 Å². The zero-order valence-corrected chi connectivity index (χ0v) is 14.0. The molecular formula is C13H20N2O4S2. The predicted octanol–water partition coefficient (Wildman–Crippen LogP) is 0.381. The highest BCUT2D eigenvalue weighted by Gasteiger charge is 2.32. The number of rotatable bonds is 3. The minimum absolute atomic E-state index is 0.0227. The summed E-state index contributed by atoms with van der Waals surface area (Å²) in [5.74, 6) is 0. The van der Waals surface area contributed by atoms with Crippen molar-refractivity contribution in [2.75, 3.05) is 25.9 Å². The van der Waals surface area contributed by atoms with Crippen LogP contribution in [-0.2, 0) is 19.9 Å². The van der Waals surface area contributed by atoms with Gasteiger partial charge in [0.15, 0.2) is 9.84 Å². The van der Waals surface area contributed by atoms with E-state index < -0.39 is 19.9 Å². The molecule has 1 unspecified atom stereocenters. The fourth-order valence-electron chi connectivity index (χ4n) is 2.39. The van der Waals surface area contributed by atoms with E-state index in [0.29, 0.717) is 25.2 Å². The molecule has 6 nitrogen and oxygen atoms in total. The van der Waals surface area contributed by atoms with Crippen LogP contribution in [0.5, 0.6) is 0 Å². The number of hydrogen-bond donors (Lipinski definition) is 1. The summed E-state index contributed by atoms with van der Waals surface area (Å²) >= 11 is 0. The summed E-state index contributed by atoms with van der Waals surface area (Å²) in [6.07, 6.45) is 1.07. The Bertz CT molecular complexity index is 741. The molecule has 0 spiro atoms. The fourth-order valence-corrected chi connectivity index (χ4v) is 5.00. The third-order valence-electron chi connectivity index (χ3n) is 3.61. The molecule has 1 N–H and O–H groups in total. The first-order valence-electron chi connectivity index (χ1n) is 6.67. The molecule has 8 heteroatoms. The lowest BCUT2D eigenvalue weighted by atomic mass is 10.2. The molecule has 21 heavy (non-hydrogen) atoms. The number of aryl methyl sites for hydroxylation is 1. The first-order valence-corrected chi connectivity index (χ1v) is 10.0. The predicted molar refractivity (Wildman–Crippen MR) is 80.5 cm³/mol. The maximum Gasteiger partial charge on any atom is 0.243 e. The molecule has 0 saturated carbocycles. The van der Waals surface area contributed by atoms with Crippen molar-refractivity contribution in [3.05, 3.63) is 23.8 Å². The number of piperazine rings is 1. The Kier molecular flexibility index (Phi) is 4.44. The number of nitrogens with zero attached hydrogens (tertiary/aromatic N) is 1. The van der Waals surface area contributed by atoms with Crippen LogP contribution < -0.4 is 5.32 Å². The number of sulfone groups is 1. The number of sulfonamides is 1. The smallest absolute Gasteiger partial charge is 0.243 e. The van der Waals surface area contributed by atoms with Gasteiger partial charge in [-0.2, -0.15) is 4.31 Å². The van der Waals surface area contributed by atoms with Crippen LogP contribution in [0, 0.1) is 6.92 Å². The summed E-state index contributed by atoms with van der Waals surface area (Å²) in [7, 11) is -7.14. The van der Waals surface area contributed by atoms with Gasteiger partial charge in [-0.15, -0.1) is 0 Å². The molecule has 1 heterocycles. The molecule has 0 bridgehead atoms. The van der Waals surface area contributed by atoms with Gasteiger partial charge in [-0.1, -0.05) is 6.07 Å². The quantitative estimate of drug-likeness (QED) is 0.865. The van der Waals surface area contributed by atoms with Crippen molar-refractivity contribution in [3.63, 3.8) is 0 Å². The zero-order chi connectivity index (χ0) is 15.8. The molecule has 2 rings (SSSR count). The van der Waals surface area contributed by atoms with Crippen LogP contribution in [0.3, 0.4) is 0 Å². The highest BCUT2D eigenvalue weighted by molar-refractivity contribution is 7.91. The van der Waals surface area contributed by atoms with E-state index in [1.165, 1.54) is 22.5 Å². The molecule has 1 aromatic rings. The van der Waals surface area contributed by atoms with E-state index in [9.17, 15) is 16.8 Å². The van der Waals surface area contributed by atoms with Gasteiger partial charge < -0.3 is 5.32 Å². The van der Waals surface area contributed by atoms with Gasteiger partial charge in [-0.3, -0.25) is 0 Å². The van der Waals surface area contributed by atoms with Gasteiger partial charge in [0.05, 0.1) is 9.79 Å². The zero-order valence-electron chi connectivity index (χ0n) is 12.3. The van der Waals surface area contributed by atoms with Crippen molar-refractivity contribution < 1.29 is 16.8 Å². The van der Waals surface area contributed by atoms with Gasteiger partial charge in [0.25, 0.3) is 0 Å². The van der Waals surface area contributed by atoms with Crippen molar-refractivity contribution in [1.82, 2.24) is 9.62 Å². The van der Waals surface area contributed by atoms with Gasteiger partial charge >= 0.3 is 0 Å². The number of benzene rings is 1. The van der Waals surface area contributed by atoms with Gasteiger partial charge in [0.1, 0.15) is 0 Å². The van der Waals surface area contributed by atoms with Crippen molar-refractivity contribution in [3.8, 4) is 0 Å². The minimum Gasteiger partial charge on any atom is -0.314 e. The molecule has 1 saturated heterocycles. The average molecular weight is 332 g/mol. The SMILES string of the molecule is Cc1ccc(S(C)(=O)=O)cc1S(=O)(=O)N1CCNCC1C. The van der Waals surface area contributed by atoms with E-state index >= 15 is 0 Å². The van der Waals surface area contributed by atoms with Crippen LogP contribution in [0.25, 0.3) is 0 Å². The molecular weight excluding hydrogens is 312 g/mol. The molecule has 0 radical (unpaired) electrons. The largest absolute Gasteiger partial charge is 0.314 e. The Morgan fingerprint density at radius 3 is 2.48 bits per heavy atom. The standard InChI is InChI=1S/C13H20N2O4S2/c1-10-4-5-12(20(3,16)17)8-13(10)21(18,19)15-7-6-14-9-11(15)2/h4-5,8,11,14H,6-7,9H2,1-3H3. The Balaban J connectivity index is 2.54. The summed E-state index contributed by atoms with van der Waals surface area (Å²) in [4.78, 5) is 0.0913. The molecule has 0 aromatic heterocycles. The van der Waals surface area contributed by atoms with Crippen LogP contribution in [0.1, 0.15) is 12.5 Å². The number of nitrogens with one attached hydrogen (secondary N) is 1. The summed E-state index contributed by atoms with van der Waals surface area (Å²) in [6, 6.07) is 4.07. The summed E-state index contributed by atoms with van der Waals surface area (Å²) in [6.45, 7) is 5.07. The molecule has 1 atom stereocenters. The second-order valence-electron chi connectivity index (χ2n) is 5.37. The Hall–Kier alpha value is -0.960. The van der Waals surface area contributed by atoms with Crippen molar-refractivity contribution >= 4 is 19.9 Å². The Morgan fingerprint density at radius 2 is 1.90 bits per heavy atom. The third-order valence-corrected chi connectivity index (χ3v) is 6.88. The minimum atomic E-state index is -3.70. The van der Waals surface area contributed by atoms with Gasteiger partial charge in [0, 0.05) is 31.9 Å². The van der Waals surface area contributed by atoms with Gasteiger partial charge in [-0.25, -0.2) is 16.8 Å². The third kappa shape index (κ3) is 3.28. The van der Waals surface area contributed by atoms with Crippen molar-refractivity contribution in [2.24, 2.45) is 0 Å². The maximum absolute atomic E-state index is 12.8. The van der Waals surface area contributed by atoms with Crippen LogP contribution >= 0.6 is 0 Å². The second-order valence-corrected chi connectivity index (χ2v) is 9.24. The molecule has 1 aliphatic heterocycles. The van der Waals surface area contributed by atoms with E-state index in [4.69, 9.17) is 0 Å². The first kappa shape index (κ1) is 16.4. The average Bonchev–Trinajstić information content (AvgIpc) is 2.37. The number of hydrogen-bond acceptors (Lipinski definition) is 5. The first-order chi connectivity index (χ1) is 9.64. The normalized spacial score (nSPS) is 21.4. The van der Waals surface area contributed by atoms with E-state index in [1.54, 1.807) is 6.92 Å². The summed E-state index contributed by atoms with van der Waals surface area (Å²) in [5.41, 5.74) is 0.549. The molecule has 0 amide bonds. The lowest BCUT2D eigenvalue weighted by Gasteiger charge is -2.33. The Labute approximate surface area is 126 Å². The summed E-state index contributed by atoms with van der Waals surface area (Å²) < 4.78 is 50.3. The fraction of sp³-hybridized carbons (Fsp3) is 0.538. The van der Waals surface area contributed by atoms with Crippen LogP contribution in [0.4, 0.5) is 0 Å². The molecule has 1 fully saturated rings. The van der Waals surface area contributed by atoms with E-state index in [1.807, 2.05) is 6.92 Å².